The molecule has 0 aromatic heterocycles. The minimum absolute atomic E-state index is 0.372. The summed E-state index contributed by atoms with van der Waals surface area (Å²) < 4.78 is 5.42. The van der Waals surface area contributed by atoms with Crippen molar-refractivity contribution in [1.29, 1.82) is 0 Å². The van der Waals surface area contributed by atoms with Crippen LogP contribution in [0.2, 0.25) is 0 Å². The predicted molar refractivity (Wildman–Crippen MR) is 57.2 cm³/mol. The van der Waals surface area contributed by atoms with Crippen LogP contribution in [0.3, 0.4) is 0 Å². The van der Waals surface area contributed by atoms with Crippen LogP contribution in [-0.2, 0) is 4.74 Å². The Bertz CT molecular complexity index is 170. The van der Waals surface area contributed by atoms with Crippen molar-refractivity contribution in [2.24, 2.45) is 11.7 Å². The van der Waals surface area contributed by atoms with Crippen LogP contribution in [-0.4, -0.2) is 43.3 Å². The Hall–Kier alpha value is -0.120. The SMILES string of the molecule is CC(N)C1CCN(C2CCOC2)CC1. The van der Waals surface area contributed by atoms with E-state index in [-0.39, 0.29) is 0 Å². The molecule has 0 radical (unpaired) electrons. The average Bonchev–Trinajstić information content (AvgIpc) is 2.71. The number of likely N-dealkylation sites (tertiary alicyclic amines) is 1. The number of piperidine rings is 1. The molecule has 3 nitrogen and oxygen atoms in total. The summed E-state index contributed by atoms with van der Waals surface area (Å²) in [6.07, 6.45) is 3.77. The molecule has 2 atom stereocenters. The molecular formula is C11H22N2O. The average molecular weight is 198 g/mol. The van der Waals surface area contributed by atoms with E-state index in [1.165, 1.54) is 32.4 Å². The van der Waals surface area contributed by atoms with Gasteiger partial charge >= 0.3 is 0 Å². The number of nitrogens with two attached hydrogens (primary N) is 1. The molecule has 82 valence electrons. The zero-order valence-corrected chi connectivity index (χ0v) is 9.11. The minimum Gasteiger partial charge on any atom is -0.380 e. The van der Waals surface area contributed by atoms with Crippen LogP contribution >= 0.6 is 0 Å². The lowest BCUT2D eigenvalue weighted by molar-refractivity contribution is 0.105. The highest BCUT2D eigenvalue weighted by Crippen LogP contribution is 2.23. The smallest absolute Gasteiger partial charge is 0.0622 e. The Morgan fingerprint density at radius 2 is 2.00 bits per heavy atom. The summed E-state index contributed by atoms with van der Waals surface area (Å²) in [5.74, 6) is 0.744. The lowest BCUT2D eigenvalue weighted by atomic mass is 9.90. The van der Waals surface area contributed by atoms with E-state index < -0.39 is 0 Å². The molecule has 2 rings (SSSR count). The molecule has 14 heavy (non-hydrogen) atoms. The fraction of sp³-hybridized carbons (Fsp3) is 1.00. The summed E-state index contributed by atoms with van der Waals surface area (Å²) in [6, 6.07) is 1.07. The van der Waals surface area contributed by atoms with Gasteiger partial charge in [0, 0.05) is 18.7 Å². The topological polar surface area (TPSA) is 38.5 Å². The van der Waals surface area contributed by atoms with Gasteiger partial charge in [-0.3, -0.25) is 4.90 Å². The van der Waals surface area contributed by atoms with Crippen LogP contribution < -0.4 is 5.73 Å². The Labute approximate surface area is 86.6 Å². The molecule has 0 amide bonds. The molecule has 3 heteroatoms. The molecule has 0 bridgehead atoms. The molecule has 2 fully saturated rings. The van der Waals surface area contributed by atoms with Gasteiger partial charge in [-0.1, -0.05) is 0 Å². The lowest BCUT2D eigenvalue weighted by Gasteiger charge is -2.36. The van der Waals surface area contributed by atoms with Crippen LogP contribution in [0.15, 0.2) is 0 Å². The van der Waals surface area contributed by atoms with Gasteiger partial charge in [0.1, 0.15) is 0 Å². The van der Waals surface area contributed by atoms with Gasteiger partial charge < -0.3 is 10.5 Å². The lowest BCUT2D eigenvalue weighted by Crippen LogP contribution is -2.44. The zero-order valence-electron chi connectivity index (χ0n) is 9.11. The first-order valence-electron chi connectivity index (χ1n) is 5.85. The number of nitrogens with zero attached hydrogens (tertiary/aromatic N) is 1. The van der Waals surface area contributed by atoms with E-state index in [0.29, 0.717) is 12.1 Å². The first-order valence-corrected chi connectivity index (χ1v) is 5.85. The maximum atomic E-state index is 5.92. The van der Waals surface area contributed by atoms with E-state index in [1.807, 2.05) is 0 Å². The second-order valence-electron chi connectivity index (χ2n) is 4.75. The minimum atomic E-state index is 0.372. The molecule has 0 saturated carbocycles. The Balaban J connectivity index is 1.77. The Morgan fingerprint density at radius 1 is 1.29 bits per heavy atom. The van der Waals surface area contributed by atoms with E-state index in [2.05, 4.69) is 11.8 Å². The predicted octanol–water partition coefficient (Wildman–Crippen LogP) is 0.834. The molecule has 2 aliphatic heterocycles. The third kappa shape index (κ3) is 2.27. The highest BCUT2D eigenvalue weighted by Gasteiger charge is 2.28. The third-order valence-electron chi connectivity index (χ3n) is 3.74. The van der Waals surface area contributed by atoms with Gasteiger partial charge in [-0.2, -0.15) is 0 Å². The molecule has 0 aliphatic carbocycles. The van der Waals surface area contributed by atoms with Crippen molar-refractivity contribution in [3.05, 3.63) is 0 Å². The highest BCUT2D eigenvalue weighted by atomic mass is 16.5. The first-order chi connectivity index (χ1) is 6.77. The molecule has 0 aromatic rings. The zero-order chi connectivity index (χ0) is 9.97. The fourth-order valence-electron chi connectivity index (χ4n) is 2.62. The normalized spacial score (nSPS) is 33.4. The van der Waals surface area contributed by atoms with E-state index >= 15 is 0 Å². The molecule has 2 heterocycles. The van der Waals surface area contributed by atoms with Crippen molar-refractivity contribution in [3.63, 3.8) is 0 Å². The van der Waals surface area contributed by atoms with Crippen molar-refractivity contribution in [1.82, 2.24) is 4.90 Å². The maximum absolute atomic E-state index is 5.92. The molecule has 2 aliphatic rings. The van der Waals surface area contributed by atoms with Crippen LogP contribution in [0.1, 0.15) is 26.2 Å². The number of hydrogen-bond donors (Lipinski definition) is 1. The van der Waals surface area contributed by atoms with Gasteiger partial charge in [-0.15, -0.1) is 0 Å². The molecule has 0 spiro atoms. The molecule has 2 N–H and O–H groups in total. The van der Waals surface area contributed by atoms with Gasteiger partial charge in [0.25, 0.3) is 0 Å². The van der Waals surface area contributed by atoms with Gasteiger partial charge in [0.15, 0.2) is 0 Å². The number of hydrogen-bond acceptors (Lipinski definition) is 3. The van der Waals surface area contributed by atoms with Crippen molar-refractivity contribution in [3.8, 4) is 0 Å². The van der Waals surface area contributed by atoms with Crippen molar-refractivity contribution in [2.75, 3.05) is 26.3 Å². The van der Waals surface area contributed by atoms with E-state index in [4.69, 9.17) is 10.5 Å². The van der Waals surface area contributed by atoms with E-state index in [1.54, 1.807) is 0 Å². The third-order valence-corrected chi connectivity index (χ3v) is 3.74. The summed E-state index contributed by atoms with van der Waals surface area (Å²) in [7, 11) is 0. The molecule has 2 unspecified atom stereocenters. The van der Waals surface area contributed by atoms with Crippen molar-refractivity contribution in [2.45, 2.75) is 38.3 Å². The van der Waals surface area contributed by atoms with E-state index in [9.17, 15) is 0 Å². The van der Waals surface area contributed by atoms with Gasteiger partial charge in [0.05, 0.1) is 6.61 Å². The van der Waals surface area contributed by atoms with Gasteiger partial charge in [-0.05, 0) is 45.2 Å². The highest BCUT2D eigenvalue weighted by molar-refractivity contribution is 4.83. The second-order valence-corrected chi connectivity index (χ2v) is 4.75. The van der Waals surface area contributed by atoms with Crippen LogP contribution in [0.5, 0.6) is 0 Å². The van der Waals surface area contributed by atoms with Crippen molar-refractivity contribution < 1.29 is 4.74 Å². The number of ether oxygens (including phenoxy) is 1. The first kappa shape index (κ1) is 10.4. The fourth-order valence-corrected chi connectivity index (χ4v) is 2.62. The number of rotatable bonds is 2. The van der Waals surface area contributed by atoms with Crippen LogP contribution in [0, 0.1) is 5.92 Å². The Morgan fingerprint density at radius 3 is 2.50 bits per heavy atom. The van der Waals surface area contributed by atoms with E-state index in [0.717, 1.165) is 19.1 Å². The summed E-state index contributed by atoms with van der Waals surface area (Å²) in [5, 5.41) is 0. The second kappa shape index (κ2) is 4.60. The van der Waals surface area contributed by atoms with Gasteiger partial charge in [0.2, 0.25) is 0 Å². The Kier molecular flexibility index (Phi) is 3.42. The summed E-state index contributed by atoms with van der Waals surface area (Å²) in [5.41, 5.74) is 5.92. The summed E-state index contributed by atoms with van der Waals surface area (Å²) >= 11 is 0. The summed E-state index contributed by atoms with van der Waals surface area (Å²) in [6.45, 7) is 6.49. The maximum Gasteiger partial charge on any atom is 0.0622 e. The molecular weight excluding hydrogens is 176 g/mol. The van der Waals surface area contributed by atoms with Crippen LogP contribution in [0.25, 0.3) is 0 Å². The van der Waals surface area contributed by atoms with Crippen LogP contribution in [0.4, 0.5) is 0 Å². The summed E-state index contributed by atoms with van der Waals surface area (Å²) in [4.78, 5) is 2.59. The van der Waals surface area contributed by atoms with Gasteiger partial charge in [-0.25, -0.2) is 0 Å². The molecule has 0 aromatic carbocycles. The van der Waals surface area contributed by atoms with Crippen molar-refractivity contribution >= 4 is 0 Å². The standard InChI is InChI=1S/C11H22N2O/c1-9(12)10-2-5-13(6-3-10)11-4-7-14-8-11/h9-11H,2-8,12H2,1H3. The largest absolute Gasteiger partial charge is 0.380 e. The molecule has 2 saturated heterocycles. The quantitative estimate of drug-likeness (QED) is 0.714. The monoisotopic (exact) mass is 198 g/mol.